The molecular weight excluding hydrogens is 315 g/mol. The lowest BCUT2D eigenvalue weighted by atomic mass is 10.2. The highest BCUT2D eigenvalue weighted by atomic mass is 32.1. The number of pyridine rings is 1. The van der Waals surface area contributed by atoms with Gasteiger partial charge in [-0.05, 0) is 24.3 Å². The number of nitrogens with zero attached hydrogens (tertiary/aromatic N) is 2. The molecule has 0 aliphatic heterocycles. The molecule has 2 heterocycles. The van der Waals surface area contributed by atoms with E-state index < -0.39 is 17.6 Å². The Kier molecular flexibility index (Phi) is 3.53. The number of rotatable bonds is 2. The fraction of sp³-hybridized carbons (Fsp3) is 0.0714. The van der Waals surface area contributed by atoms with Crippen molar-refractivity contribution >= 4 is 32.6 Å². The second kappa shape index (κ2) is 5.38. The van der Waals surface area contributed by atoms with Crippen molar-refractivity contribution in [2.24, 2.45) is 0 Å². The normalized spacial score (nSPS) is 11.6. The van der Waals surface area contributed by atoms with Crippen molar-refractivity contribution < 1.29 is 18.0 Å². The lowest BCUT2D eigenvalue weighted by Crippen LogP contribution is -2.11. The van der Waals surface area contributed by atoms with Crippen LogP contribution in [0.5, 0.6) is 0 Å². The van der Waals surface area contributed by atoms with Crippen LogP contribution in [0, 0.1) is 0 Å². The lowest BCUT2D eigenvalue weighted by Gasteiger charge is -2.06. The number of fused-ring (bicyclic) bond motifs is 1. The summed E-state index contributed by atoms with van der Waals surface area (Å²) < 4.78 is 39.1. The van der Waals surface area contributed by atoms with Crippen LogP contribution in [-0.4, -0.2) is 15.9 Å². The van der Waals surface area contributed by atoms with Crippen molar-refractivity contribution in [2.45, 2.75) is 6.18 Å². The van der Waals surface area contributed by atoms with Crippen molar-refractivity contribution in [3.8, 4) is 0 Å². The maximum Gasteiger partial charge on any atom is 0.418 e. The van der Waals surface area contributed by atoms with Crippen molar-refractivity contribution in [3.05, 3.63) is 53.9 Å². The minimum Gasteiger partial charge on any atom is -0.298 e. The van der Waals surface area contributed by atoms with Crippen molar-refractivity contribution in [3.63, 3.8) is 0 Å². The van der Waals surface area contributed by atoms with Gasteiger partial charge in [0.1, 0.15) is 0 Å². The Labute approximate surface area is 126 Å². The molecule has 0 spiro atoms. The molecule has 0 bridgehead atoms. The quantitative estimate of drug-likeness (QED) is 0.776. The second-order valence-electron chi connectivity index (χ2n) is 4.36. The van der Waals surface area contributed by atoms with Crippen LogP contribution in [0.25, 0.3) is 10.2 Å². The van der Waals surface area contributed by atoms with Gasteiger partial charge in [0.2, 0.25) is 0 Å². The summed E-state index contributed by atoms with van der Waals surface area (Å²) in [4.78, 5) is 19.7. The van der Waals surface area contributed by atoms with Crippen molar-refractivity contribution in [1.82, 2.24) is 9.97 Å². The summed E-state index contributed by atoms with van der Waals surface area (Å²) in [6.07, 6.45) is -1.58. The Morgan fingerprint density at radius 2 is 1.86 bits per heavy atom. The van der Waals surface area contributed by atoms with Gasteiger partial charge in [-0.15, -0.1) is 0 Å². The summed E-state index contributed by atoms with van der Waals surface area (Å²) in [6.45, 7) is 0. The number of aromatic nitrogens is 2. The zero-order valence-electron chi connectivity index (χ0n) is 10.9. The minimum atomic E-state index is -4.49. The lowest BCUT2D eigenvalue weighted by molar-refractivity contribution is -0.136. The van der Waals surface area contributed by atoms with Crippen LogP contribution in [0.4, 0.5) is 18.3 Å². The summed E-state index contributed by atoms with van der Waals surface area (Å²) in [6, 6.07) is 6.83. The van der Waals surface area contributed by atoms with E-state index >= 15 is 0 Å². The molecule has 22 heavy (non-hydrogen) atoms. The number of para-hydroxylation sites is 1. The molecule has 0 fully saturated rings. The molecular formula is C14H8F3N3OS. The number of benzene rings is 1. The Bertz CT molecular complexity index is 830. The van der Waals surface area contributed by atoms with Gasteiger partial charge < -0.3 is 0 Å². The summed E-state index contributed by atoms with van der Waals surface area (Å²) in [5, 5.41) is 2.62. The zero-order chi connectivity index (χ0) is 15.7. The topological polar surface area (TPSA) is 54.9 Å². The molecule has 0 radical (unpaired) electrons. The fourth-order valence-electron chi connectivity index (χ4n) is 1.90. The number of hydrogen-bond acceptors (Lipinski definition) is 4. The van der Waals surface area contributed by atoms with Gasteiger partial charge in [-0.2, -0.15) is 13.2 Å². The van der Waals surface area contributed by atoms with Gasteiger partial charge in [-0.25, -0.2) is 4.98 Å². The van der Waals surface area contributed by atoms with Crippen LogP contribution >= 0.6 is 11.3 Å². The van der Waals surface area contributed by atoms with Gasteiger partial charge in [-0.3, -0.25) is 15.1 Å². The van der Waals surface area contributed by atoms with Gasteiger partial charge in [0.15, 0.2) is 5.13 Å². The number of alkyl halides is 3. The molecule has 1 amide bonds. The third-order valence-corrected chi connectivity index (χ3v) is 3.82. The average molecular weight is 323 g/mol. The van der Waals surface area contributed by atoms with Gasteiger partial charge in [-0.1, -0.05) is 17.4 Å². The third kappa shape index (κ3) is 2.77. The molecule has 4 nitrogen and oxygen atoms in total. The highest BCUT2D eigenvalue weighted by molar-refractivity contribution is 7.22. The molecule has 112 valence electrons. The van der Waals surface area contributed by atoms with E-state index in [-0.39, 0.29) is 10.6 Å². The van der Waals surface area contributed by atoms with Crippen LogP contribution < -0.4 is 5.32 Å². The van der Waals surface area contributed by atoms with Gasteiger partial charge in [0.25, 0.3) is 5.91 Å². The minimum absolute atomic E-state index is 0.119. The first kappa shape index (κ1) is 14.5. The molecule has 1 aromatic carbocycles. The average Bonchev–Trinajstić information content (AvgIpc) is 2.89. The zero-order valence-corrected chi connectivity index (χ0v) is 11.7. The third-order valence-electron chi connectivity index (χ3n) is 2.89. The van der Waals surface area contributed by atoms with E-state index in [1.54, 1.807) is 0 Å². The Morgan fingerprint density at radius 1 is 1.14 bits per heavy atom. The molecule has 3 aromatic rings. The Balaban J connectivity index is 1.95. The highest BCUT2D eigenvalue weighted by Gasteiger charge is 2.33. The van der Waals surface area contributed by atoms with Gasteiger partial charge >= 0.3 is 6.18 Å². The molecule has 0 aliphatic carbocycles. The van der Waals surface area contributed by atoms with Crippen LogP contribution in [-0.2, 0) is 6.18 Å². The first-order chi connectivity index (χ1) is 10.4. The van der Waals surface area contributed by atoms with E-state index in [9.17, 15) is 18.0 Å². The summed E-state index contributed by atoms with van der Waals surface area (Å²) in [5.41, 5.74) is -0.624. The molecule has 0 saturated heterocycles. The molecule has 2 aromatic heterocycles. The number of amides is 1. The highest BCUT2D eigenvalue weighted by Crippen LogP contribution is 2.37. The number of halogens is 3. The Morgan fingerprint density at radius 3 is 2.55 bits per heavy atom. The number of nitrogens with one attached hydrogen (secondary N) is 1. The first-order valence-corrected chi connectivity index (χ1v) is 6.95. The van der Waals surface area contributed by atoms with E-state index in [4.69, 9.17) is 0 Å². The van der Waals surface area contributed by atoms with Gasteiger partial charge in [0, 0.05) is 18.0 Å². The van der Waals surface area contributed by atoms with E-state index in [1.807, 2.05) is 0 Å². The van der Waals surface area contributed by atoms with Crippen molar-refractivity contribution in [2.75, 3.05) is 5.32 Å². The van der Waals surface area contributed by atoms with Crippen LogP contribution in [0.1, 0.15) is 15.9 Å². The predicted octanol–water partition coefficient (Wildman–Crippen LogP) is 3.96. The van der Waals surface area contributed by atoms with Crippen LogP contribution in [0.2, 0.25) is 0 Å². The summed E-state index contributed by atoms with van der Waals surface area (Å²) in [5.74, 6) is -0.449. The molecule has 1 N–H and O–H groups in total. The number of hydrogen-bond donors (Lipinski definition) is 1. The monoisotopic (exact) mass is 323 g/mol. The van der Waals surface area contributed by atoms with Crippen LogP contribution in [0.15, 0.2) is 42.7 Å². The molecule has 8 heteroatoms. The maximum atomic E-state index is 12.9. The number of carbonyl (C=O) groups excluding carboxylic acids is 1. The number of carbonyl (C=O) groups is 1. The predicted molar refractivity (Wildman–Crippen MR) is 76.8 cm³/mol. The van der Waals surface area contributed by atoms with E-state index in [2.05, 4.69) is 15.3 Å². The van der Waals surface area contributed by atoms with E-state index in [0.717, 1.165) is 17.4 Å². The maximum absolute atomic E-state index is 12.9. The first-order valence-electron chi connectivity index (χ1n) is 6.13. The summed E-state index contributed by atoms with van der Waals surface area (Å²) in [7, 11) is 0. The Hall–Kier alpha value is -2.48. The van der Waals surface area contributed by atoms with E-state index in [0.29, 0.717) is 10.3 Å². The van der Waals surface area contributed by atoms with E-state index in [1.165, 1.54) is 36.7 Å². The smallest absolute Gasteiger partial charge is 0.298 e. The van der Waals surface area contributed by atoms with Crippen LogP contribution in [0.3, 0.4) is 0 Å². The fourth-order valence-corrected chi connectivity index (χ4v) is 2.79. The van der Waals surface area contributed by atoms with Crippen molar-refractivity contribution in [1.29, 1.82) is 0 Å². The van der Waals surface area contributed by atoms with Gasteiger partial charge in [0.05, 0.1) is 15.8 Å². The molecule has 0 aliphatic rings. The molecule has 0 unspecified atom stereocenters. The standard InChI is InChI=1S/C14H8F3N3OS/c15-14(16,17)9-2-1-3-10-11(9)19-13(22-10)20-12(21)8-4-6-18-7-5-8/h1-7H,(H,19,20,21). The largest absolute Gasteiger partial charge is 0.418 e. The number of anilines is 1. The second-order valence-corrected chi connectivity index (χ2v) is 5.39. The SMILES string of the molecule is O=C(Nc1nc2c(C(F)(F)F)cccc2s1)c1ccncc1. The molecule has 0 atom stereocenters. The number of thiazole rings is 1. The molecule has 3 rings (SSSR count). The molecule has 0 saturated carbocycles. The summed E-state index contributed by atoms with van der Waals surface area (Å²) >= 11 is 0.992.